The van der Waals surface area contributed by atoms with Crippen LogP contribution in [0.1, 0.15) is 65.2 Å². The lowest BCUT2D eigenvalue weighted by Gasteiger charge is -2.04. The monoisotopic (exact) mass is 280 g/mol. The van der Waals surface area contributed by atoms with E-state index in [2.05, 4.69) is 19.2 Å². The zero-order chi connectivity index (χ0) is 15.1. The molecule has 0 rings (SSSR count). The maximum Gasteiger partial charge on any atom is 0.350 e. The second kappa shape index (κ2) is 13.9. The fraction of sp³-hybridized carbons (Fsp3) is 0.750. The standard InChI is InChI=1S/C16H28N2O2/c1-3-5-7-8-9-10-12-20-16(19)15(13-17)14-18-11-6-4-2/h14,18H,3-12H2,1-2H3/b15-14+. The summed E-state index contributed by atoms with van der Waals surface area (Å²) >= 11 is 0. The highest BCUT2D eigenvalue weighted by Crippen LogP contribution is 2.05. The molecule has 0 aliphatic carbocycles. The van der Waals surface area contributed by atoms with Crippen LogP contribution in [0.2, 0.25) is 0 Å². The number of nitrogens with zero attached hydrogens (tertiary/aromatic N) is 1. The topological polar surface area (TPSA) is 62.1 Å². The van der Waals surface area contributed by atoms with Crippen molar-refractivity contribution in [2.75, 3.05) is 13.2 Å². The molecular weight excluding hydrogens is 252 g/mol. The Hall–Kier alpha value is -1.50. The van der Waals surface area contributed by atoms with Gasteiger partial charge in [-0.15, -0.1) is 0 Å². The first kappa shape index (κ1) is 18.5. The molecule has 20 heavy (non-hydrogen) atoms. The smallest absolute Gasteiger partial charge is 0.350 e. The van der Waals surface area contributed by atoms with Crippen LogP contribution >= 0.6 is 0 Å². The van der Waals surface area contributed by atoms with E-state index in [0.29, 0.717) is 6.61 Å². The van der Waals surface area contributed by atoms with Gasteiger partial charge in [0.25, 0.3) is 0 Å². The van der Waals surface area contributed by atoms with E-state index >= 15 is 0 Å². The molecule has 0 amide bonds. The molecule has 0 aromatic carbocycles. The minimum Gasteiger partial charge on any atom is -0.462 e. The summed E-state index contributed by atoms with van der Waals surface area (Å²) in [6.45, 7) is 5.45. The van der Waals surface area contributed by atoms with Crippen molar-refractivity contribution in [3.63, 3.8) is 0 Å². The highest BCUT2D eigenvalue weighted by molar-refractivity contribution is 5.92. The van der Waals surface area contributed by atoms with Crippen LogP contribution in [0.5, 0.6) is 0 Å². The summed E-state index contributed by atoms with van der Waals surface area (Å²) in [5.41, 5.74) is 0.0482. The van der Waals surface area contributed by atoms with Gasteiger partial charge in [-0.3, -0.25) is 0 Å². The van der Waals surface area contributed by atoms with Crippen molar-refractivity contribution in [1.29, 1.82) is 5.26 Å². The van der Waals surface area contributed by atoms with Crippen LogP contribution < -0.4 is 5.32 Å². The summed E-state index contributed by atoms with van der Waals surface area (Å²) < 4.78 is 5.09. The molecular formula is C16H28N2O2. The number of hydrogen-bond donors (Lipinski definition) is 1. The van der Waals surface area contributed by atoms with Crippen molar-refractivity contribution in [3.05, 3.63) is 11.8 Å². The minimum absolute atomic E-state index is 0.0482. The number of ether oxygens (including phenoxy) is 1. The van der Waals surface area contributed by atoms with E-state index in [4.69, 9.17) is 10.00 Å². The Morgan fingerprint density at radius 1 is 1.10 bits per heavy atom. The lowest BCUT2D eigenvalue weighted by Crippen LogP contribution is -2.13. The van der Waals surface area contributed by atoms with Gasteiger partial charge in [0.05, 0.1) is 6.61 Å². The Morgan fingerprint density at radius 2 is 1.75 bits per heavy atom. The van der Waals surface area contributed by atoms with Gasteiger partial charge in [0, 0.05) is 12.7 Å². The van der Waals surface area contributed by atoms with Gasteiger partial charge in [-0.1, -0.05) is 52.4 Å². The normalized spacial score (nSPS) is 10.9. The number of carbonyl (C=O) groups excluding carboxylic acids is 1. The van der Waals surface area contributed by atoms with Crippen molar-refractivity contribution >= 4 is 5.97 Å². The predicted octanol–water partition coefficient (Wildman–Crippen LogP) is 3.69. The van der Waals surface area contributed by atoms with E-state index in [0.717, 1.165) is 32.2 Å². The highest BCUT2D eigenvalue weighted by atomic mass is 16.5. The summed E-state index contributed by atoms with van der Waals surface area (Å²) in [5, 5.41) is 11.9. The average Bonchev–Trinajstić information content (AvgIpc) is 2.46. The Balaban J connectivity index is 3.74. The van der Waals surface area contributed by atoms with Crippen LogP contribution in [0.15, 0.2) is 11.8 Å². The third-order valence-electron chi connectivity index (χ3n) is 2.99. The molecule has 0 spiro atoms. The van der Waals surface area contributed by atoms with Crippen molar-refractivity contribution in [2.45, 2.75) is 65.2 Å². The second-order valence-corrected chi connectivity index (χ2v) is 4.88. The predicted molar refractivity (Wildman–Crippen MR) is 80.9 cm³/mol. The molecule has 114 valence electrons. The number of nitrogens with one attached hydrogen (secondary N) is 1. The first-order valence-electron chi connectivity index (χ1n) is 7.77. The maximum absolute atomic E-state index is 11.6. The van der Waals surface area contributed by atoms with E-state index in [1.807, 2.05) is 6.07 Å². The first-order chi connectivity index (χ1) is 9.76. The number of esters is 1. The maximum atomic E-state index is 11.6. The molecule has 0 fully saturated rings. The Morgan fingerprint density at radius 3 is 2.40 bits per heavy atom. The van der Waals surface area contributed by atoms with E-state index < -0.39 is 5.97 Å². The zero-order valence-electron chi connectivity index (χ0n) is 12.9. The molecule has 0 radical (unpaired) electrons. The average molecular weight is 280 g/mol. The Kier molecular flexibility index (Phi) is 12.9. The summed E-state index contributed by atoms with van der Waals surface area (Å²) in [4.78, 5) is 11.6. The number of hydrogen-bond acceptors (Lipinski definition) is 4. The molecule has 0 aromatic heterocycles. The van der Waals surface area contributed by atoms with Crippen LogP contribution in [-0.4, -0.2) is 19.1 Å². The molecule has 4 nitrogen and oxygen atoms in total. The number of nitriles is 1. The summed E-state index contributed by atoms with van der Waals surface area (Å²) in [7, 11) is 0. The number of unbranched alkanes of at least 4 members (excludes halogenated alkanes) is 6. The zero-order valence-corrected chi connectivity index (χ0v) is 12.9. The minimum atomic E-state index is -0.523. The highest BCUT2D eigenvalue weighted by Gasteiger charge is 2.09. The van der Waals surface area contributed by atoms with E-state index in [1.165, 1.54) is 31.9 Å². The first-order valence-corrected chi connectivity index (χ1v) is 7.77. The fourth-order valence-corrected chi connectivity index (χ4v) is 1.71. The Labute approximate surface area is 123 Å². The van der Waals surface area contributed by atoms with Gasteiger partial charge in [-0.25, -0.2) is 4.79 Å². The van der Waals surface area contributed by atoms with E-state index in [-0.39, 0.29) is 5.57 Å². The van der Waals surface area contributed by atoms with E-state index in [1.54, 1.807) is 0 Å². The number of carbonyl (C=O) groups is 1. The van der Waals surface area contributed by atoms with Crippen molar-refractivity contribution in [2.24, 2.45) is 0 Å². The van der Waals surface area contributed by atoms with Crippen molar-refractivity contribution < 1.29 is 9.53 Å². The molecule has 0 aliphatic heterocycles. The van der Waals surface area contributed by atoms with Gasteiger partial charge in [0.2, 0.25) is 0 Å². The lowest BCUT2D eigenvalue weighted by molar-refractivity contribution is -0.138. The fourth-order valence-electron chi connectivity index (χ4n) is 1.71. The molecule has 0 atom stereocenters. The SMILES string of the molecule is CCCCCCCCOC(=O)/C(C#N)=C/NCCCC. The van der Waals surface area contributed by atoms with Gasteiger partial charge in [0.1, 0.15) is 6.07 Å². The summed E-state index contributed by atoms with van der Waals surface area (Å²) in [5.74, 6) is -0.523. The number of rotatable bonds is 12. The van der Waals surface area contributed by atoms with Crippen molar-refractivity contribution in [3.8, 4) is 6.07 Å². The summed E-state index contributed by atoms with van der Waals surface area (Å²) in [6, 6.07) is 1.87. The van der Waals surface area contributed by atoms with Crippen LogP contribution in [-0.2, 0) is 9.53 Å². The third kappa shape index (κ3) is 10.4. The van der Waals surface area contributed by atoms with Gasteiger partial charge in [0.15, 0.2) is 5.57 Å². The van der Waals surface area contributed by atoms with Crippen LogP contribution in [0.25, 0.3) is 0 Å². The lowest BCUT2D eigenvalue weighted by atomic mass is 10.1. The molecule has 0 heterocycles. The third-order valence-corrected chi connectivity index (χ3v) is 2.99. The molecule has 4 heteroatoms. The van der Waals surface area contributed by atoms with E-state index in [9.17, 15) is 4.79 Å². The van der Waals surface area contributed by atoms with Gasteiger partial charge >= 0.3 is 5.97 Å². The van der Waals surface area contributed by atoms with Crippen LogP contribution in [0, 0.1) is 11.3 Å². The molecule has 0 aliphatic rings. The largest absolute Gasteiger partial charge is 0.462 e. The second-order valence-electron chi connectivity index (χ2n) is 4.88. The van der Waals surface area contributed by atoms with Crippen molar-refractivity contribution in [1.82, 2.24) is 5.32 Å². The van der Waals surface area contributed by atoms with Gasteiger partial charge in [-0.2, -0.15) is 5.26 Å². The quantitative estimate of drug-likeness (QED) is 0.256. The Bertz CT molecular complexity index is 319. The molecule has 0 aromatic rings. The molecule has 1 N–H and O–H groups in total. The van der Waals surface area contributed by atoms with Gasteiger partial charge < -0.3 is 10.1 Å². The van der Waals surface area contributed by atoms with Crippen LogP contribution in [0.3, 0.4) is 0 Å². The molecule has 0 unspecified atom stereocenters. The molecule has 0 saturated heterocycles. The summed E-state index contributed by atoms with van der Waals surface area (Å²) in [6.07, 6.45) is 10.4. The molecule has 0 saturated carbocycles. The van der Waals surface area contributed by atoms with Gasteiger partial charge in [-0.05, 0) is 12.8 Å². The molecule has 0 bridgehead atoms. The van der Waals surface area contributed by atoms with Crippen LogP contribution in [0.4, 0.5) is 0 Å².